The van der Waals surface area contributed by atoms with Gasteiger partial charge in [0.1, 0.15) is 29.2 Å². The van der Waals surface area contributed by atoms with Gasteiger partial charge in [0.05, 0.1) is 36.2 Å². The largest absolute Gasteiger partial charge is 0.495 e. The van der Waals surface area contributed by atoms with E-state index in [9.17, 15) is 27.6 Å². The number of carbonyl (C=O) groups is 4. The van der Waals surface area contributed by atoms with Gasteiger partial charge in [-0.25, -0.2) is 9.71 Å². The van der Waals surface area contributed by atoms with Gasteiger partial charge in [-0.3, -0.25) is 19.2 Å². The molecule has 3 N–H and O–H groups in total. The van der Waals surface area contributed by atoms with Crippen molar-refractivity contribution in [3.63, 3.8) is 0 Å². The number of carbonyl (C=O) groups excluding carboxylic acids is 4. The Labute approximate surface area is 331 Å². The van der Waals surface area contributed by atoms with Crippen molar-refractivity contribution in [2.75, 3.05) is 34.4 Å². The van der Waals surface area contributed by atoms with E-state index in [-0.39, 0.29) is 37.8 Å². The maximum atomic E-state index is 14.7. The van der Waals surface area contributed by atoms with Crippen LogP contribution in [0.4, 0.5) is 0 Å². The minimum atomic E-state index is -4.18. The van der Waals surface area contributed by atoms with Crippen LogP contribution in [-0.4, -0.2) is 104 Å². The molecule has 1 aromatic carbocycles. The number of hydrogen-bond acceptors (Lipinski definition) is 10. The van der Waals surface area contributed by atoms with Crippen LogP contribution in [0, 0.1) is 17.3 Å². The average molecular weight is 850 g/mol. The normalized spacial score (nSPS) is 23.3. The molecule has 302 valence electrons. The van der Waals surface area contributed by atoms with Crippen LogP contribution in [-0.2, 0) is 29.4 Å². The summed E-state index contributed by atoms with van der Waals surface area (Å²) in [6, 6.07) is 4.15. The summed E-state index contributed by atoms with van der Waals surface area (Å²) in [6.45, 7) is 11.6. The van der Waals surface area contributed by atoms with Crippen molar-refractivity contribution in [1.29, 1.82) is 0 Å². The lowest BCUT2D eigenvalue weighted by Gasteiger charge is -2.35. The lowest BCUT2D eigenvalue weighted by atomic mass is 9.77. The minimum absolute atomic E-state index is 0.0159. The molecule has 1 aromatic heterocycles. The smallest absolute Gasteiger partial charge is 0.303 e. The van der Waals surface area contributed by atoms with E-state index in [0.717, 1.165) is 30.0 Å². The molecule has 0 radical (unpaired) electrons. The standard InChI is InChI=1S/C38H53BrN6O9S/c1-9-22-20-38(22,36(49)43-55(50,51)44(6)7)42-34(47)27-17-24(54-29-19-31(53-10-2)41-33-25(29)15-16-28(52-8)32(33)39)21-45(27)35(48)26(37(3,4)5)18-30(46)40-23-13-11-12-14-23/h9,15-16,19,22-24,26-27H,1,10-14,17-18,20-21H2,2-8H3,(H,40,46)(H,42,47)(H,43,49)/t22-,24-,26-,27-,38-/m1/s1. The van der Waals surface area contributed by atoms with E-state index in [1.54, 1.807) is 25.3 Å². The van der Waals surface area contributed by atoms with E-state index in [1.165, 1.54) is 25.1 Å². The number of ether oxygens (including phenoxy) is 3. The van der Waals surface area contributed by atoms with Crippen LogP contribution >= 0.6 is 15.9 Å². The number of nitrogens with one attached hydrogen (secondary N) is 3. The molecule has 0 spiro atoms. The zero-order valence-corrected chi connectivity index (χ0v) is 35.0. The van der Waals surface area contributed by atoms with Crippen LogP contribution in [0.5, 0.6) is 17.4 Å². The van der Waals surface area contributed by atoms with Crippen molar-refractivity contribution in [3.05, 3.63) is 35.3 Å². The van der Waals surface area contributed by atoms with E-state index in [4.69, 9.17) is 14.2 Å². The van der Waals surface area contributed by atoms with Gasteiger partial charge in [-0.2, -0.15) is 12.7 Å². The van der Waals surface area contributed by atoms with Crippen molar-refractivity contribution in [2.24, 2.45) is 17.3 Å². The number of halogens is 1. The molecule has 3 fully saturated rings. The summed E-state index contributed by atoms with van der Waals surface area (Å²) in [4.78, 5) is 62.1. The van der Waals surface area contributed by atoms with Crippen molar-refractivity contribution < 1.29 is 41.8 Å². The van der Waals surface area contributed by atoms with Gasteiger partial charge < -0.3 is 29.7 Å². The first-order chi connectivity index (χ1) is 25.8. The molecule has 3 aliphatic rings. The number of methoxy groups -OCH3 is 1. The Hall–Kier alpha value is -3.96. The van der Waals surface area contributed by atoms with Gasteiger partial charge >= 0.3 is 10.2 Å². The number of hydrogen-bond donors (Lipinski definition) is 3. The minimum Gasteiger partial charge on any atom is -0.495 e. The Kier molecular flexibility index (Phi) is 12.8. The Bertz CT molecular complexity index is 1930. The van der Waals surface area contributed by atoms with E-state index >= 15 is 0 Å². The lowest BCUT2D eigenvalue weighted by Crippen LogP contribution is -2.58. The fraction of sp³-hybridized carbons (Fsp3) is 0.605. The van der Waals surface area contributed by atoms with Gasteiger partial charge in [-0.1, -0.05) is 39.7 Å². The van der Waals surface area contributed by atoms with E-state index in [1.807, 2.05) is 32.4 Å². The molecule has 0 unspecified atom stereocenters. The van der Waals surface area contributed by atoms with Crippen molar-refractivity contribution in [1.82, 2.24) is 29.5 Å². The number of nitrogens with zero attached hydrogens (tertiary/aromatic N) is 3. The van der Waals surface area contributed by atoms with Crippen LogP contribution in [0.15, 0.2) is 35.3 Å². The number of pyridine rings is 1. The van der Waals surface area contributed by atoms with E-state index in [0.29, 0.717) is 39.4 Å². The number of amides is 4. The van der Waals surface area contributed by atoms with Gasteiger partial charge in [0, 0.05) is 50.3 Å². The summed E-state index contributed by atoms with van der Waals surface area (Å²) in [7, 11) is -0.0793. The lowest BCUT2D eigenvalue weighted by molar-refractivity contribution is -0.147. The Morgan fingerprint density at radius 1 is 1.16 bits per heavy atom. The van der Waals surface area contributed by atoms with E-state index in [2.05, 4.69) is 38.1 Å². The highest BCUT2D eigenvalue weighted by atomic mass is 79.9. The predicted octanol–water partition coefficient (Wildman–Crippen LogP) is 3.85. The first-order valence-corrected chi connectivity index (χ1v) is 20.8. The molecule has 1 aliphatic heterocycles. The monoisotopic (exact) mass is 848 g/mol. The zero-order valence-electron chi connectivity index (χ0n) is 32.6. The molecule has 4 amide bonds. The fourth-order valence-electron chi connectivity index (χ4n) is 7.36. The summed E-state index contributed by atoms with van der Waals surface area (Å²) >= 11 is 3.58. The number of benzene rings is 1. The third-order valence-electron chi connectivity index (χ3n) is 10.7. The Morgan fingerprint density at radius 3 is 2.44 bits per heavy atom. The molecule has 5 rings (SSSR count). The number of aromatic nitrogens is 1. The third-order valence-corrected chi connectivity index (χ3v) is 12.9. The maximum Gasteiger partial charge on any atom is 0.303 e. The first-order valence-electron chi connectivity index (χ1n) is 18.6. The zero-order chi connectivity index (χ0) is 40.5. The molecular weight excluding hydrogens is 796 g/mol. The van der Waals surface area contributed by atoms with Gasteiger partial charge in [-0.05, 0) is 59.7 Å². The summed E-state index contributed by atoms with van der Waals surface area (Å²) < 4.78 is 46.6. The van der Waals surface area contributed by atoms with Crippen LogP contribution in [0.25, 0.3) is 10.9 Å². The number of rotatable bonds is 15. The van der Waals surface area contributed by atoms with Crippen molar-refractivity contribution in [3.8, 4) is 17.4 Å². The van der Waals surface area contributed by atoms with E-state index < -0.39 is 62.9 Å². The molecule has 2 saturated carbocycles. The molecule has 0 bridgehead atoms. The van der Waals surface area contributed by atoms with Crippen LogP contribution in [0.1, 0.15) is 72.6 Å². The third kappa shape index (κ3) is 9.20. The van der Waals surface area contributed by atoms with Crippen LogP contribution in [0.2, 0.25) is 0 Å². The summed E-state index contributed by atoms with van der Waals surface area (Å²) in [5.41, 5.74) is -1.75. The second-order valence-electron chi connectivity index (χ2n) is 15.7. The van der Waals surface area contributed by atoms with Gasteiger partial charge in [0.2, 0.25) is 23.6 Å². The number of likely N-dealkylation sites (tertiary alicyclic amines) is 1. The summed E-state index contributed by atoms with van der Waals surface area (Å²) in [6.07, 6.45) is 4.69. The average Bonchev–Trinajstić information content (AvgIpc) is 3.37. The topological polar surface area (TPSA) is 186 Å². The highest BCUT2D eigenvalue weighted by Gasteiger charge is 2.61. The molecule has 17 heteroatoms. The fourth-order valence-corrected chi connectivity index (χ4v) is 8.56. The molecule has 2 heterocycles. The Balaban J connectivity index is 1.49. The van der Waals surface area contributed by atoms with Gasteiger partial charge in [0.15, 0.2) is 0 Å². The molecule has 55 heavy (non-hydrogen) atoms. The highest BCUT2D eigenvalue weighted by Crippen LogP contribution is 2.46. The molecule has 5 atom stereocenters. The molecule has 15 nitrogen and oxygen atoms in total. The molecule has 2 aliphatic carbocycles. The van der Waals surface area contributed by atoms with Gasteiger partial charge in [0.25, 0.3) is 5.91 Å². The van der Waals surface area contributed by atoms with Crippen molar-refractivity contribution in [2.45, 2.75) is 96.4 Å². The summed E-state index contributed by atoms with van der Waals surface area (Å²) in [5, 5.41) is 6.51. The predicted molar refractivity (Wildman–Crippen MR) is 210 cm³/mol. The second kappa shape index (κ2) is 16.6. The van der Waals surface area contributed by atoms with Crippen LogP contribution in [0.3, 0.4) is 0 Å². The second-order valence-corrected chi connectivity index (χ2v) is 18.4. The van der Waals surface area contributed by atoms with Crippen molar-refractivity contribution >= 4 is 60.7 Å². The quantitative estimate of drug-likeness (QED) is 0.223. The molecule has 2 aromatic rings. The van der Waals surface area contributed by atoms with Gasteiger partial charge in [-0.15, -0.1) is 6.58 Å². The first kappa shape index (κ1) is 42.2. The molecule has 1 saturated heterocycles. The summed E-state index contributed by atoms with van der Waals surface area (Å²) in [5.74, 6) is -2.32. The maximum absolute atomic E-state index is 14.7. The number of fused-ring (bicyclic) bond motifs is 1. The highest BCUT2D eigenvalue weighted by molar-refractivity contribution is 9.10. The molecular formula is C38H53BrN6O9S. The SMILES string of the molecule is C=C[C@@H]1C[C@]1(NC(=O)[C@H]1C[C@@H](Oc2cc(OCC)nc3c(Br)c(OC)ccc23)CN1C(=O)[C@@H](CC(=O)NC1CCCC1)C(C)(C)C)C(=O)NS(=O)(=O)N(C)C. The van der Waals surface area contributed by atoms with Crippen LogP contribution < -0.4 is 29.6 Å². The Morgan fingerprint density at radius 2 is 1.85 bits per heavy atom.